The smallest absolute Gasteiger partial charge is 0.329 e. The lowest BCUT2D eigenvalue weighted by Gasteiger charge is -2.35. The average Bonchev–Trinajstić information content (AvgIpc) is 3.79. The van der Waals surface area contributed by atoms with Gasteiger partial charge in [-0.05, 0) is 112 Å². The number of rotatable bonds is 15. The number of fused-ring (bicyclic) bond motifs is 2. The highest BCUT2D eigenvalue weighted by Gasteiger charge is 2.42. The van der Waals surface area contributed by atoms with Crippen LogP contribution in [0.5, 0.6) is 0 Å². The fourth-order valence-electron chi connectivity index (χ4n) is 10.0. The molecule has 16 nitrogen and oxygen atoms in total. The molecule has 7 rings (SSSR count). The van der Waals surface area contributed by atoms with Crippen LogP contribution in [0.25, 0.3) is 11.0 Å². The zero-order valence-corrected chi connectivity index (χ0v) is 36.3. The molecule has 4 aliphatic heterocycles. The lowest BCUT2D eigenvalue weighted by molar-refractivity contribution is -0.142. The minimum Gasteiger partial charge on any atom is -0.370 e. The van der Waals surface area contributed by atoms with Gasteiger partial charge in [0.15, 0.2) is 11.6 Å². The van der Waals surface area contributed by atoms with E-state index in [0.717, 1.165) is 62.6 Å². The van der Waals surface area contributed by atoms with Gasteiger partial charge in [-0.15, -0.1) is 0 Å². The second kappa shape index (κ2) is 20.3. The van der Waals surface area contributed by atoms with Crippen LogP contribution in [-0.2, 0) is 53.5 Å². The van der Waals surface area contributed by atoms with Crippen molar-refractivity contribution in [3.05, 3.63) is 69.6 Å². The number of aryl methyl sites for hydroxylation is 2. The van der Waals surface area contributed by atoms with Gasteiger partial charge in [-0.1, -0.05) is 25.0 Å². The first-order valence-electron chi connectivity index (χ1n) is 22.6. The standard InChI is InChI=1S/C46H58F2N8O8/c1-53-38-26-28(11-15-35(38)56(46(53)64)37-17-19-40(58)52-44(37)62)7-5-6-27-20-22-54(23-21-27)45(63)34(25-29-10-13-31(47)32(48)24-29)51-42(60)33(14-18-39(49)57)50-43(61)36-16-12-30-8-3-2-4-9-41(59)55(30)36/h10-11,13,15,24,26-27,30,33-34,36-37H,2-9,12,14,16-23,25H2,1H3,(H2,49,57)(H,50,61)(H,51,60)(H,52,58,62)/t30-,33-,34-,36-,37?/m0/s1. The molecule has 5 atom stereocenters. The van der Waals surface area contributed by atoms with Crippen LogP contribution in [0.1, 0.15) is 113 Å². The molecule has 4 fully saturated rings. The fourth-order valence-corrected chi connectivity index (χ4v) is 10.0. The lowest BCUT2D eigenvalue weighted by Crippen LogP contribution is -2.58. The number of carbonyl (C=O) groups is 7. The van der Waals surface area contributed by atoms with Crippen LogP contribution in [0.4, 0.5) is 8.78 Å². The van der Waals surface area contributed by atoms with Crippen molar-refractivity contribution in [2.75, 3.05) is 13.1 Å². The number of primary amides is 1. The SMILES string of the molecule is Cn1c(=O)n(C2CCC(=O)NC2=O)c2ccc(CCCC3CCN(C(=O)[C@H](Cc4ccc(F)c(F)c4)NC(=O)[C@H](CCC(N)=O)NC(=O)[C@@H]4CC[C@@H]5CCCCCC(=O)N54)CC3)cc21. The molecule has 2 aromatic carbocycles. The van der Waals surface area contributed by atoms with Gasteiger partial charge in [-0.3, -0.25) is 48.0 Å². The van der Waals surface area contributed by atoms with E-state index in [9.17, 15) is 47.1 Å². The largest absolute Gasteiger partial charge is 0.370 e. The van der Waals surface area contributed by atoms with Crippen LogP contribution in [0.15, 0.2) is 41.2 Å². The van der Waals surface area contributed by atoms with Crippen LogP contribution in [0.3, 0.4) is 0 Å². The molecule has 1 unspecified atom stereocenters. The Morgan fingerprint density at radius 3 is 2.33 bits per heavy atom. The molecule has 5 N–H and O–H groups in total. The van der Waals surface area contributed by atoms with E-state index >= 15 is 0 Å². The number of piperidine rings is 2. The Bertz CT molecular complexity index is 2360. The molecule has 0 radical (unpaired) electrons. The maximum absolute atomic E-state index is 14.4. The van der Waals surface area contributed by atoms with Crippen molar-refractivity contribution in [3.8, 4) is 0 Å². The molecule has 4 saturated heterocycles. The number of nitrogens with one attached hydrogen (secondary N) is 3. The molecule has 4 aliphatic rings. The number of nitrogens with zero attached hydrogens (tertiary/aromatic N) is 4. The average molecular weight is 889 g/mol. The fraction of sp³-hybridized carbons (Fsp3) is 0.565. The van der Waals surface area contributed by atoms with Gasteiger partial charge in [0.1, 0.15) is 24.2 Å². The third-order valence-corrected chi connectivity index (χ3v) is 13.6. The van der Waals surface area contributed by atoms with Gasteiger partial charge in [0.05, 0.1) is 11.0 Å². The summed E-state index contributed by atoms with van der Waals surface area (Å²) in [6, 6.07) is 4.90. The summed E-state index contributed by atoms with van der Waals surface area (Å²) in [5.41, 5.74) is 7.72. The molecular weight excluding hydrogens is 831 g/mol. The summed E-state index contributed by atoms with van der Waals surface area (Å²) in [6.45, 7) is 0.786. The number of nitrogens with two attached hydrogens (primary N) is 1. The summed E-state index contributed by atoms with van der Waals surface area (Å²) in [6.07, 6.45) is 8.53. The number of benzene rings is 2. The Balaban J connectivity index is 0.981. The van der Waals surface area contributed by atoms with Crippen LogP contribution in [0, 0.1) is 17.6 Å². The van der Waals surface area contributed by atoms with E-state index in [1.165, 1.54) is 15.2 Å². The molecule has 0 aliphatic carbocycles. The molecule has 7 amide bonds. The predicted molar refractivity (Wildman–Crippen MR) is 230 cm³/mol. The van der Waals surface area contributed by atoms with E-state index in [1.54, 1.807) is 16.8 Å². The van der Waals surface area contributed by atoms with Crippen molar-refractivity contribution < 1.29 is 42.3 Å². The Hall–Kier alpha value is -5.94. The Morgan fingerprint density at radius 1 is 0.828 bits per heavy atom. The van der Waals surface area contributed by atoms with Gasteiger partial charge in [0.2, 0.25) is 41.4 Å². The second-order valence-electron chi connectivity index (χ2n) is 17.9. The number of hydrogen-bond acceptors (Lipinski definition) is 8. The number of halogens is 2. The van der Waals surface area contributed by atoms with E-state index in [2.05, 4.69) is 16.0 Å². The molecule has 344 valence electrons. The highest BCUT2D eigenvalue weighted by Crippen LogP contribution is 2.32. The summed E-state index contributed by atoms with van der Waals surface area (Å²) in [5, 5.41) is 7.83. The van der Waals surface area contributed by atoms with Crippen molar-refractivity contribution in [1.29, 1.82) is 0 Å². The molecule has 64 heavy (non-hydrogen) atoms. The minimum absolute atomic E-state index is 0.0645. The molecule has 5 heterocycles. The number of imidazole rings is 1. The zero-order chi connectivity index (χ0) is 45.7. The second-order valence-corrected chi connectivity index (χ2v) is 17.9. The third-order valence-electron chi connectivity index (χ3n) is 13.6. The van der Waals surface area contributed by atoms with E-state index in [0.29, 0.717) is 62.1 Å². The number of imide groups is 1. The van der Waals surface area contributed by atoms with Crippen LogP contribution >= 0.6 is 0 Å². The first kappa shape index (κ1) is 46.1. The third kappa shape index (κ3) is 10.5. The van der Waals surface area contributed by atoms with Gasteiger partial charge in [-0.2, -0.15) is 0 Å². The Labute approximate surface area is 369 Å². The van der Waals surface area contributed by atoms with Gasteiger partial charge in [0.25, 0.3) is 0 Å². The molecule has 0 saturated carbocycles. The maximum Gasteiger partial charge on any atom is 0.329 e. The van der Waals surface area contributed by atoms with Gasteiger partial charge in [-0.25, -0.2) is 13.6 Å². The lowest BCUT2D eigenvalue weighted by atomic mass is 9.90. The number of amides is 7. The molecular formula is C46H58F2N8O8. The summed E-state index contributed by atoms with van der Waals surface area (Å²) in [7, 11) is 1.66. The highest BCUT2D eigenvalue weighted by molar-refractivity contribution is 6.00. The quantitative estimate of drug-likeness (QED) is 0.166. The number of aromatic nitrogens is 2. The minimum atomic E-state index is -1.27. The predicted octanol–water partition coefficient (Wildman–Crippen LogP) is 2.96. The monoisotopic (exact) mass is 888 g/mol. The first-order valence-corrected chi connectivity index (χ1v) is 22.6. The van der Waals surface area contributed by atoms with Crippen LogP contribution in [-0.4, -0.2) is 97.5 Å². The van der Waals surface area contributed by atoms with Gasteiger partial charge < -0.3 is 26.2 Å². The van der Waals surface area contributed by atoms with Crippen molar-refractivity contribution in [2.45, 2.75) is 139 Å². The highest BCUT2D eigenvalue weighted by atomic mass is 19.2. The van der Waals surface area contributed by atoms with Gasteiger partial charge >= 0.3 is 5.69 Å². The van der Waals surface area contributed by atoms with E-state index in [1.807, 2.05) is 18.2 Å². The molecule has 18 heteroatoms. The molecule has 0 bridgehead atoms. The maximum atomic E-state index is 14.4. The van der Waals surface area contributed by atoms with Crippen molar-refractivity contribution in [1.82, 2.24) is 34.9 Å². The van der Waals surface area contributed by atoms with Crippen molar-refractivity contribution in [3.63, 3.8) is 0 Å². The van der Waals surface area contributed by atoms with E-state index in [4.69, 9.17) is 5.73 Å². The Kier molecular flexibility index (Phi) is 14.6. The molecule has 3 aromatic rings. The number of carbonyl (C=O) groups excluding carboxylic acids is 7. The van der Waals surface area contributed by atoms with Crippen LogP contribution < -0.4 is 27.4 Å². The zero-order valence-electron chi connectivity index (χ0n) is 36.3. The summed E-state index contributed by atoms with van der Waals surface area (Å²) >= 11 is 0. The van der Waals surface area contributed by atoms with Crippen molar-refractivity contribution in [2.24, 2.45) is 18.7 Å². The summed E-state index contributed by atoms with van der Waals surface area (Å²) in [5.74, 6) is -5.20. The summed E-state index contributed by atoms with van der Waals surface area (Å²) in [4.78, 5) is 108. The summed E-state index contributed by atoms with van der Waals surface area (Å²) < 4.78 is 31.3. The first-order chi connectivity index (χ1) is 30.7. The molecule has 1 aromatic heterocycles. The van der Waals surface area contributed by atoms with E-state index < -0.39 is 65.3 Å². The Morgan fingerprint density at radius 2 is 1.59 bits per heavy atom. The number of hydrogen-bond donors (Lipinski definition) is 4. The van der Waals surface area contributed by atoms with Crippen molar-refractivity contribution >= 4 is 52.4 Å². The topological polar surface area (TPSA) is 215 Å². The van der Waals surface area contributed by atoms with Crippen LogP contribution in [0.2, 0.25) is 0 Å². The van der Waals surface area contributed by atoms with Gasteiger partial charge in [0, 0.05) is 51.9 Å². The number of likely N-dealkylation sites (tertiary alicyclic amines) is 1. The molecule has 0 spiro atoms. The van der Waals surface area contributed by atoms with E-state index in [-0.39, 0.29) is 61.2 Å². The normalized spacial score (nSPS) is 21.7.